The summed E-state index contributed by atoms with van der Waals surface area (Å²) in [5.41, 5.74) is 2.39. The van der Waals surface area contributed by atoms with Crippen molar-refractivity contribution in [2.45, 2.75) is 6.54 Å². The van der Waals surface area contributed by atoms with Crippen molar-refractivity contribution in [1.82, 2.24) is 4.90 Å². The Morgan fingerprint density at radius 3 is 2.33 bits per heavy atom. The van der Waals surface area contributed by atoms with E-state index in [1.807, 2.05) is 30.3 Å². The van der Waals surface area contributed by atoms with Gasteiger partial charge < -0.3 is 4.90 Å². The molecule has 1 aliphatic heterocycles. The average molecular weight is 302 g/mol. The zero-order valence-electron chi connectivity index (χ0n) is 11.8. The Bertz CT molecular complexity index is 592. The molecule has 0 amide bonds. The van der Waals surface area contributed by atoms with Crippen LogP contribution in [0.15, 0.2) is 48.5 Å². The number of benzene rings is 2. The van der Waals surface area contributed by atoms with Crippen molar-refractivity contribution in [3.8, 4) is 5.75 Å². The Morgan fingerprint density at radius 2 is 1.67 bits per heavy atom. The van der Waals surface area contributed by atoms with Gasteiger partial charge in [-0.15, -0.1) is 0 Å². The van der Waals surface area contributed by atoms with E-state index in [0.717, 1.165) is 43.4 Å². The van der Waals surface area contributed by atoms with E-state index in [1.165, 1.54) is 5.56 Å². The fourth-order valence-electron chi connectivity index (χ4n) is 2.71. The first-order chi connectivity index (χ1) is 10.2. The molecule has 109 valence electrons. The van der Waals surface area contributed by atoms with Gasteiger partial charge in [0.2, 0.25) is 0 Å². The molecule has 4 heteroatoms. The van der Waals surface area contributed by atoms with Crippen LogP contribution in [-0.4, -0.2) is 31.1 Å². The third kappa shape index (κ3) is 3.69. The molecular weight excluding hydrogens is 284 g/mol. The zero-order chi connectivity index (χ0) is 14.7. The minimum atomic E-state index is 0.0679. The highest BCUT2D eigenvalue weighted by Gasteiger charge is 2.17. The van der Waals surface area contributed by atoms with E-state index in [1.54, 1.807) is 12.1 Å². The Balaban J connectivity index is 1.56. The third-order valence-electron chi connectivity index (χ3n) is 3.87. The molecule has 1 saturated heterocycles. The predicted molar refractivity (Wildman–Crippen MR) is 85.5 cm³/mol. The van der Waals surface area contributed by atoms with Crippen molar-refractivity contribution >= 4 is 17.3 Å². The first-order valence-electron chi connectivity index (χ1n) is 7.19. The molecule has 0 bridgehead atoms. The van der Waals surface area contributed by atoms with Gasteiger partial charge in [-0.25, -0.2) is 0 Å². The van der Waals surface area contributed by atoms with Gasteiger partial charge in [0.1, 0.15) is 0 Å². The largest absolute Gasteiger partial charge is 0.369 e. The van der Waals surface area contributed by atoms with E-state index >= 15 is 0 Å². The monoisotopic (exact) mass is 301 g/mol. The summed E-state index contributed by atoms with van der Waals surface area (Å²) in [4.78, 5) is 4.76. The van der Waals surface area contributed by atoms with Crippen molar-refractivity contribution in [3.05, 3.63) is 59.1 Å². The summed E-state index contributed by atoms with van der Waals surface area (Å²) >= 11 is 6.03. The number of hydrogen-bond donors (Lipinski definition) is 0. The lowest BCUT2D eigenvalue weighted by Crippen LogP contribution is -2.45. The van der Waals surface area contributed by atoms with Crippen LogP contribution in [0.25, 0.3) is 0 Å². The van der Waals surface area contributed by atoms with Gasteiger partial charge in [-0.1, -0.05) is 23.7 Å². The molecule has 0 atom stereocenters. The maximum atomic E-state index is 11.1. The van der Waals surface area contributed by atoms with E-state index in [2.05, 4.69) is 15.9 Å². The highest BCUT2D eigenvalue weighted by atomic mass is 35.5. The number of nitrogens with zero attached hydrogens (tertiary/aromatic N) is 2. The van der Waals surface area contributed by atoms with Gasteiger partial charge in [0, 0.05) is 43.4 Å². The Hall–Kier alpha value is -1.71. The van der Waals surface area contributed by atoms with Gasteiger partial charge in [-0.2, -0.15) is 0 Å². The van der Waals surface area contributed by atoms with Gasteiger partial charge in [0.15, 0.2) is 5.75 Å². The van der Waals surface area contributed by atoms with E-state index in [-0.39, 0.29) is 5.75 Å². The fraction of sp³-hybridized carbons (Fsp3) is 0.294. The summed E-state index contributed by atoms with van der Waals surface area (Å²) in [7, 11) is 0. The molecule has 0 spiro atoms. The van der Waals surface area contributed by atoms with Crippen LogP contribution >= 0.6 is 11.6 Å². The SMILES string of the molecule is [O]c1ccc(N2CCN(Cc3cccc(Cl)c3)CC2)cc1. The van der Waals surface area contributed by atoms with Gasteiger partial charge >= 0.3 is 0 Å². The van der Waals surface area contributed by atoms with Gasteiger partial charge in [-0.05, 0) is 42.0 Å². The van der Waals surface area contributed by atoms with Crippen molar-refractivity contribution in [2.75, 3.05) is 31.1 Å². The minimum Gasteiger partial charge on any atom is -0.369 e. The Labute approximate surface area is 130 Å². The lowest BCUT2D eigenvalue weighted by Gasteiger charge is -2.36. The summed E-state index contributed by atoms with van der Waals surface area (Å²) < 4.78 is 0. The highest BCUT2D eigenvalue weighted by molar-refractivity contribution is 6.30. The second kappa shape index (κ2) is 6.37. The van der Waals surface area contributed by atoms with E-state index < -0.39 is 0 Å². The lowest BCUT2D eigenvalue weighted by atomic mass is 10.2. The summed E-state index contributed by atoms with van der Waals surface area (Å²) in [6.45, 7) is 4.95. The normalized spacial score (nSPS) is 16.1. The van der Waals surface area contributed by atoms with E-state index in [9.17, 15) is 5.11 Å². The lowest BCUT2D eigenvalue weighted by molar-refractivity contribution is 0.250. The Kier molecular flexibility index (Phi) is 4.32. The molecule has 0 aliphatic carbocycles. The van der Waals surface area contributed by atoms with Crippen molar-refractivity contribution in [1.29, 1.82) is 0 Å². The standard InChI is InChI=1S/C17H18ClN2O/c18-15-3-1-2-14(12-15)13-19-8-10-20(11-9-19)16-4-6-17(21)7-5-16/h1-7,12H,8-11,13H2. The quantitative estimate of drug-likeness (QED) is 0.862. The second-order valence-electron chi connectivity index (χ2n) is 5.39. The number of rotatable bonds is 3. The molecule has 3 rings (SSSR count). The number of hydrogen-bond acceptors (Lipinski definition) is 2. The maximum Gasteiger partial charge on any atom is 0.178 e. The molecule has 1 radical (unpaired) electrons. The Morgan fingerprint density at radius 1 is 0.952 bits per heavy atom. The number of anilines is 1. The van der Waals surface area contributed by atoms with Crippen LogP contribution in [-0.2, 0) is 11.7 Å². The molecule has 1 fully saturated rings. The van der Waals surface area contributed by atoms with E-state index in [0.29, 0.717) is 0 Å². The summed E-state index contributed by atoms with van der Waals surface area (Å²) in [6, 6.07) is 15.1. The first kappa shape index (κ1) is 14.2. The molecule has 0 N–H and O–H groups in total. The van der Waals surface area contributed by atoms with Crippen LogP contribution in [0.2, 0.25) is 5.02 Å². The molecule has 0 saturated carbocycles. The number of piperazine rings is 1. The average Bonchev–Trinajstić information content (AvgIpc) is 2.49. The maximum absolute atomic E-state index is 11.1. The minimum absolute atomic E-state index is 0.0679. The second-order valence-corrected chi connectivity index (χ2v) is 5.82. The summed E-state index contributed by atoms with van der Waals surface area (Å²) in [6.07, 6.45) is 0. The third-order valence-corrected chi connectivity index (χ3v) is 4.10. The van der Waals surface area contributed by atoms with Gasteiger partial charge in [-0.3, -0.25) is 10.0 Å². The predicted octanol–water partition coefficient (Wildman–Crippen LogP) is 3.81. The van der Waals surface area contributed by atoms with Gasteiger partial charge in [0.25, 0.3) is 0 Å². The van der Waals surface area contributed by atoms with Crippen LogP contribution < -0.4 is 4.90 Å². The first-order valence-corrected chi connectivity index (χ1v) is 7.57. The number of halogens is 1. The van der Waals surface area contributed by atoms with Crippen molar-refractivity contribution in [2.24, 2.45) is 0 Å². The molecule has 1 heterocycles. The van der Waals surface area contributed by atoms with Crippen LogP contribution in [0.1, 0.15) is 5.56 Å². The van der Waals surface area contributed by atoms with Crippen LogP contribution in [0, 0.1) is 0 Å². The smallest absolute Gasteiger partial charge is 0.178 e. The summed E-state index contributed by atoms with van der Waals surface area (Å²) in [5, 5.41) is 11.9. The molecule has 2 aromatic carbocycles. The molecule has 21 heavy (non-hydrogen) atoms. The highest BCUT2D eigenvalue weighted by Crippen LogP contribution is 2.21. The molecule has 2 aromatic rings. The van der Waals surface area contributed by atoms with Crippen LogP contribution in [0.5, 0.6) is 5.75 Å². The van der Waals surface area contributed by atoms with E-state index in [4.69, 9.17) is 11.6 Å². The fourth-order valence-corrected chi connectivity index (χ4v) is 2.93. The van der Waals surface area contributed by atoms with Crippen molar-refractivity contribution in [3.63, 3.8) is 0 Å². The molecular formula is C17H18ClN2O. The van der Waals surface area contributed by atoms with Crippen LogP contribution in [0.3, 0.4) is 0 Å². The van der Waals surface area contributed by atoms with Crippen molar-refractivity contribution < 1.29 is 5.11 Å². The summed E-state index contributed by atoms with van der Waals surface area (Å²) in [5.74, 6) is 0.0679. The molecule has 1 aliphatic rings. The van der Waals surface area contributed by atoms with Crippen LogP contribution in [0.4, 0.5) is 5.69 Å². The van der Waals surface area contributed by atoms with Gasteiger partial charge in [0.05, 0.1) is 0 Å². The molecule has 0 aromatic heterocycles. The topological polar surface area (TPSA) is 26.4 Å². The molecule has 0 unspecified atom stereocenters. The zero-order valence-corrected chi connectivity index (χ0v) is 12.6. The molecule has 3 nitrogen and oxygen atoms in total.